The second-order valence-corrected chi connectivity index (χ2v) is 3.02. The Morgan fingerprint density at radius 3 is 3.09 bits per heavy atom. The molecule has 0 bridgehead atoms. The zero-order valence-corrected chi connectivity index (χ0v) is 6.47. The van der Waals surface area contributed by atoms with Crippen LogP contribution in [0.1, 0.15) is 0 Å². The molecule has 0 spiro atoms. The molecule has 0 saturated heterocycles. The van der Waals surface area contributed by atoms with E-state index in [4.69, 9.17) is 10.2 Å². The number of nitrogens with zero attached hydrogens (tertiary/aromatic N) is 1. The molecule has 0 fully saturated rings. The van der Waals surface area contributed by atoms with Crippen LogP contribution in [0.4, 0.5) is 4.79 Å². The Kier molecular flexibility index (Phi) is 2.72. The predicted molar refractivity (Wildman–Crippen MR) is 41.9 cm³/mol. The summed E-state index contributed by atoms with van der Waals surface area (Å²) in [5.41, 5.74) is 0. The van der Waals surface area contributed by atoms with E-state index < -0.39 is 6.09 Å². The number of aliphatic hydroxyl groups excluding tert-OH is 1. The van der Waals surface area contributed by atoms with E-state index in [9.17, 15) is 4.79 Å². The Bertz CT molecular complexity index is 194. The van der Waals surface area contributed by atoms with Crippen molar-refractivity contribution in [2.24, 2.45) is 4.99 Å². The summed E-state index contributed by atoms with van der Waals surface area (Å²) in [6.07, 6.45) is -1.12. The first kappa shape index (κ1) is 8.35. The van der Waals surface area contributed by atoms with Gasteiger partial charge in [0.1, 0.15) is 0 Å². The van der Waals surface area contributed by atoms with Crippen molar-refractivity contribution < 1.29 is 15.0 Å². The van der Waals surface area contributed by atoms with E-state index in [0.717, 1.165) is 0 Å². The number of carbonyl (C=O) groups is 1. The topological polar surface area (TPSA) is 81.9 Å². The number of rotatable bonds is 1. The van der Waals surface area contributed by atoms with Gasteiger partial charge in [-0.1, -0.05) is 11.8 Å². The summed E-state index contributed by atoms with van der Waals surface area (Å²) in [6.45, 7) is -0.0300. The fourth-order valence-corrected chi connectivity index (χ4v) is 1.58. The van der Waals surface area contributed by atoms with Crippen molar-refractivity contribution in [3.05, 3.63) is 0 Å². The van der Waals surface area contributed by atoms with E-state index in [0.29, 0.717) is 10.9 Å². The van der Waals surface area contributed by atoms with Gasteiger partial charge in [-0.15, -0.1) is 0 Å². The van der Waals surface area contributed by atoms with Crippen molar-refractivity contribution in [2.75, 3.05) is 12.4 Å². The number of amides is 1. The zero-order chi connectivity index (χ0) is 8.27. The lowest BCUT2D eigenvalue weighted by Gasteiger charge is -1.95. The minimum absolute atomic E-state index is 0.0300. The van der Waals surface area contributed by atoms with Crippen molar-refractivity contribution in [3.8, 4) is 0 Å². The smallest absolute Gasteiger partial charge is 0.410 e. The van der Waals surface area contributed by atoms with Crippen LogP contribution in [0.5, 0.6) is 0 Å². The van der Waals surface area contributed by atoms with Crippen LogP contribution in [0.15, 0.2) is 4.99 Å². The van der Waals surface area contributed by atoms with Crippen LogP contribution in [-0.4, -0.2) is 39.9 Å². The molecule has 0 aromatic rings. The van der Waals surface area contributed by atoms with Gasteiger partial charge >= 0.3 is 6.09 Å². The molecule has 1 unspecified atom stereocenters. The van der Waals surface area contributed by atoms with Crippen LogP contribution in [0.25, 0.3) is 0 Å². The minimum atomic E-state index is -1.12. The Morgan fingerprint density at radius 1 is 1.91 bits per heavy atom. The second-order valence-electron chi connectivity index (χ2n) is 2.01. The number of aliphatic imine (C=N–C) groups is 1. The van der Waals surface area contributed by atoms with E-state index in [-0.39, 0.29) is 12.6 Å². The van der Waals surface area contributed by atoms with Gasteiger partial charge < -0.3 is 10.2 Å². The summed E-state index contributed by atoms with van der Waals surface area (Å²) in [5, 5.41) is 19.4. The molecular formula is C5H8N2O3S. The Balaban J connectivity index is 2.42. The number of carboxylic acid groups (broad SMARTS) is 1. The lowest BCUT2D eigenvalue weighted by Crippen LogP contribution is -2.25. The summed E-state index contributed by atoms with van der Waals surface area (Å²) in [7, 11) is 0. The highest BCUT2D eigenvalue weighted by Crippen LogP contribution is 2.15. The molecular weight excluding hydrogens is 168 g/mol. The minimum Gasteiger partial charge on any atom is -0.465 e. The molecule has 1 heterocycles. The molecule has 6 heteroatoms. The predicted octanol–water partition coefficient (Wildman–Crippen LogP) is -0.282. The lowest BCUT2D eigenvalue weighted by atomic mass is 10.4. The molecule has 1 amide bonds. The molecule has 62 valence electrons. The first-order chi connectivity index (χ1) is 5.22. The molecule has 5 nitrogen and oxygen atoms in total. The third kappa shape index (κ3) is 2.39. The van der Waals surface area contributed by atoms with Crippen LogP contribution in [0, 0.1) is 0 Å². The first-order valence-electron chi connectivity index (χ1n) is 3.04. The summed E-state index contributed by atoms with van der Waals surface area (Å²) >= 11 is 1.30. The average Bonchev–Trinajstić information content (AvgIpc) is 2.34. The molecule has 0 aromatic heterocycles. The van der Waals surface area contributed by atoms with Crippen LogP contribution in [0.3, 0.4) is 0 Å². The zero-order valence-electron chi connectivity index (χ0n) is 5.65. The molecule has 0 aromatic carbocycles. The molecule has 1 aliphatic heterocycles. The SMILES string of the molecule is O=C(O)NC1=NC(CO)CS1. The number of aliphatic hydroxyl groups is 1. The van der Waals surface area contributed by atoms with Gasteiger partial charge in [-0.25, -0.2) is 4.79 Å². The lowest BCUT2D eigenvalue weighted by molar-refractivity contribution is 0.200. The highest BCUT2D eigenvalue weighted by Gasteiger charge is 2.18. The van der Waals surface area contributed by atoms with Crippen LogP contribution in [-0.2, 0) is 0 Å². The maximum atomic E-state index is 10.1. The van der Waals surface area contributed by atoms with Gasteiger partial charge in [0.2, 0.25) is 0 Å². The van der Waals surface area contributed by atoms with Gasteiger partial charge in [0.25, 0.3) is 0 Å². The molecule has 11 heavy (non-hydrogen) atoms. The van der Waals surface area contributed by atoms with E-state index in [1.54, 1.807) is 0 Å². The van der Waals surface area contributed by atoms with E-state index in [1.807, 2.05) is 0 Å². The van der Waals surface area contributed by atoms with Gasteiger partial charge in [-0.05, 0) is 0 Å². The van der Waals surface area contributed by atoms with Gasteiger partial charge in [-0.2, -0.15) is 0 Å². The van der Waals surface area contributed by atoms with Crippen molar-refractivity contribution in [2.45, 2.75) is 6.04 Å². The molecule has 0 aliphatic carbocycles. The van der Waals surface area contributed by atoms with Gasteiger partial charge in [-0.3, -0.25) is 10.3 Å². The van der Waals surface area contributed by atoms with Crippen molar-refractivity contribution in [1.82, 2.24) is 5.32 Å². The molecule has 3 N–H and O–H groups in total. The van der Waals surface area contributed by atoms with E-state index in [1.165, 1.54) is 11.8 Å². The Morgan fingerprint density at radius 2 is 2.64 bits per heavy atom. The number of hydrogen-bond acceptors (Lipinski definition) is 4. The summed E-state index contributed by atoms with van der Waals surface area (Å²) in [5.74, 6) is 0.645. The monoisotopic (exact) mass is 176 g/mol. The van der Waals surface area contributed by atoms with E-state index >= 15 is 0 Å². The van der Waals surface area contributed by atoms with Crippen molar-refractivity contribution >= 4 is 23.0 Å². The number of hydrogen-bond donors (Lipinski definition) is 3. The van der Waals surface area contributed by atoms with Crippen molar-refractivity contribution in [3.63, 3.8) is 0 Å². The molecule has 1 rings (SSSR count). The Hall–Kier alpha value is -0.750. The van der Waals surface area contributed by atoms with Gasteiger partial charge in [0, 0.05) is 5.75 Å². The molecule has 0 radical (unpaired) electrons. The summed E-state index contributed by atoms with van der Waals surface area (Å²) in [4.78, 5) is 14.0. The fourth-order valence-electron chi connectivity index (χ4n) is 0.669. The van der Waals surface area contributed by atoms with Crippen LogP contribution < -0.4 is 5.32 Å². The maximum absolute atomic E-state index is 10.1. The highest BCUT2D eigenvalue weighted by molar-refractivity contribution is 8.14. The number of thioether (sulfide) groups is 1. The third-order valence-corrected chi connectivity index (χ3v) is 2.17. The third-order valence-electron chi connectivity index (χ3n) is 1.14. The maximum Gasteiger partial charge on any atom is 0.410 e. The summed E-state index contributed by atoms with van der Waals surface area (Å²) < 4.78 is 0. The normalized spacial score (nSPS) is 23.0. The van der Waals surface area contributed by atoms with Crippen LogP contribution in [0.2, 0.25) is 0 Å². The Labute approximate surface area is 67.5 Å². The van der Waals surface area contributed by atoms with Gasteiger partial charge in [0.15, 0.2) is 5.17 Å². The summed E-state index contributed by atoms with van der Waals surface area (Å²) in [6, 6.07) is -0.151. The average molecular weight is 176 g/mol. The van der Waals surface area contributed by atoms with Crippen LogP contribution >= 0.6 is 11.8 Å². The van der Waals surface area contributed by atoms with E-state index in [2.05, 4.69) is 10.3 Å². The standard InChI is InChI=1S/C5H8N2O3S/c8-1-3-2-11-4(6-3)7-5(9)10/h3,8H,1-2H2,(H,6,7)(H,9,10). The highest BCUT2D eigenvalue weighted by atomic mass is 32.2. The van der Waals surface area contributed by atoms with Crippen molar-refractivity contribution in [1.29, 1.82) is 0 Å². The first-order valence-corrected chi connectivity index (χ1v) is 4.02. The molecule has 0 saturated carbocycles. The number of nitrogens with one attached hydrogen (secondary N) is 1. The quantitative estimate of drug-likeness (QED) is 0.513. The number of amidine groups is 1. The van der Waals surface area contributed by atoms with Gasteiger partial charge in [0.05, 0.1) is 12.6 Å². The fraction of sp³-hybridized carbons (Fsp3) is 0.600. The second kappa shape index (κ2) is 3.59. The molecule has 1 aliphatic rings. The molecule has 1 atom stereocenters. The largest absolute Gasteiger partial charge is 0.465 e.